The van der Waals surface area contributed by atoms with E-state index in [0.717, 1.165) is 10.9 Å². The first kappa shape index (κ1) is 37.2. The maximum atomic E-state index is 11.6. The molecule has 1 saturated heterocycles. The van der Waals surface area contributed by atoms with E-state index in [1.54, 1.807) is 0 Å². The number of aromatic nitrogens is 2. The number of anilines is 1. The zero-order valence-electron chi connectivity index (χ0n) is 21.4. The summed E-state index contributed by atoms with van der Waals surface area (Å²) in [5.74, 6) is -1.09. The maximum Gasteiger partial charge on any atom is 0.481 e. The van der Waals surface area contributed by atoms with Gasteiger partial charge < -0.3 is 71.0 Å². The predicted molar refractivity (Wildman–Crippen MR) is 134 cm³/mol. The maximum absolute atomic E-state index is 11.6. The number of aliphatic hydroxyl groups is 7. The van der Waals surface area contributed by atoms with Gasteiger partial charge >= 0.3 is 30.8 Å². The molecule has 0 amide bonds. The van der Waals surface area contributed by atoms with Crippen molar-refractivity contribution in [1.29, 1.82) is 0 Å². The number of phosphoric acid groups is 2. The fourth-order valence-electron chi connectivity index (χ4n) is 3.45. The number of carbonyl (C=O) groups is 1. The van der Waals surface area contributed by atoms with Gasteiger partial charge in [-0.3, -0.25) is 13.6 Å². The van der Waals surface area contributed by atoms with Gasteiger partial charge in [-0.1, -0.05) is 0 Å². The van der Waals surface area contributed by atoms with Crippen molar-refractivity contribution in [2.75, 3.05) is 11.9 Å². The van der Waals surface area contributed by atoms with Crippen molar-refractivity contribution in [3.63, 3.8) is 0 Å². The van der Waals surface area contributed by atoms with E-state index in [1.165, 1.54) is 6.92 Å². The SMILES string of the molecule is CC(O)C(O)C(O)C(O)C=O.NC1=NC(O)(S(=O)(=O)O)c2ncn([C@@H]3O[C@H](COP(=O)(O)OP(=O)(O)O)[C@@H](O)[C@H]3O)c2N1. The van der Waals surface area contributed by atoms with E-state index in [4.69, 9.17) is 40.7 Å². The number of nitrogens with two attached hydrogens (primary N) is 1. The Morgan fingerprint density at radius 1 is 1.19 bits per heavy atom. The highest BCUT2D eigenvalue weighted by molar-refractivity contribution is 7.86. The van der Waals surface area contributed by atoms with E-state index in [9.17, 15) is 47.1 Å². The lowest BCUT2D eigenvalue weighted by atomic mass is 10.1. The third kappa shape index (κ3) is 8.80. The molecular formula is C16H29N5O19P2S. The molecule has 24 nitrogen and oxygen atoms in total. The molecule has 1 fully saturated rings. The predicted octanol–water partition coefficient (Wildman–Crippen LogP) is -5.89. The van der Waals surface area contributed by atoms with Crippen LogP contribution in [0.4, 0.5) is 5.82 Å². The van der Waals surface area contributed by atoms with Gasteiger partial charge in [0.2, 0.25) is 0 Å². The highest BCUT2D eigenvalue weighted by atomic mass is 32.2. The lowest BCUT2D eigenvalue weighted by Gasteiger charge is -2.27. The molecule has 1 aromatic heterocycles. The van der Waals surface area contributed by atoms with E-state index in [2.05, 4.69) is 24.1 Å². The topological polar surface area (TPSA) is 404 Å². The minimum absolute atomic E-state index is 0.0935. The van der Waals surface area contributed by atoms with Crippen LogP contribution in [0.1, 0.15) is 18.8 Å². The van der Waals surface area contributed by atoms with Crippen LogP contribution in [-0.4, -0.2) is 135 Å². The van der Waals surface area contributed by atoms with E-state index < -0.39 is 104 Å². The number of nitrogens with one attached hydrogen (secondary N) is 1. The molecule has 0 radical (unpaired) electrons. The molecule has 248 valence electrons. The van der Waals surface area contributed by atoms with Gasteiger partial charge in [0.15, 0.2) is 24.2 Å². The molecule has 27 heteroatoms. The zero-order valence-corrected chi connectivity index (χ0v) is 24.0. The van der Waals surface area contributed by atoms with Gasteiger partial charge in [0.05, 0.1) is 19.0 Å². The highest BCUT2D eigenvalue weighted by Gasteiger charge is 2.52. The fraction of sp³-hybridized carbons (Fsp3) is 0.688. The van der Waals surface area contributed by atoms with Crippen LogP contribution < -0.4 is 11.1 Å². The number of phosphoric ester groups is 1. The van der Waals surface area contributed by atoms with Crippen molar-refractivity contribution in [1.82, 2.24) is 9.55 Å². The summed E-state index contributed by atoms with van der Waals surface area (Å²) in [5.41, 5.74) is 4.68. The molecule has 10 atom stereocenters. The number of ether oxygens (including phenoxy) is 1. The Hall–Kier alpha value is -2.00. The fourth-order valence-corrected chi connectivity index (χ4v) is 5.66. The number of hydrogen-bond acceptors (Lipinski definition) is 19. The second-order valence-corrected chi connectivity index (χ2v) is 13.1. The number of aliphatic hydroxyl groups excluding tert-OH is 6. The first-order valence-electron chi connectivity index (χ1n) is 11.3. The average molecular weight is 689 g/mol. The second kappa shape index (κ2) is 13.6. The van der Waals surface area contributed by atoms with Gasteiger partial charge in [0.1, 0.15) is 42.4 Å². The zero-order chi connectivity index (χ0) is 33.3. The summed E-state index contributed by atoms with van der Waals surface area (Å²) in [6.45, 7) is 0.247. The highest BCUT2D eigenvalue weighted by Crippen LogP contribution is 2.57. The van der Waals surface area contributed by atoms with Crippen LogP contribution in [0, 0.1) is 0 Å². The summed E-state index contributed by atoms with van der Waals surface area (Å²) in [5, 5.41) is 64.9. The Bertz CT molecular complexity index is 1380. The molecule has 1 aromatic rings. The van der Waals surface area contributed by atoms with Gasteiger partial charge in [-0.15, -0.1) is 0 Å². The van der Waals surface area contributed by atoms with Crippen molar-refractivity contribution in [3.8, 4) is 0 Å². The summed E-state index contributed by atoms with van der Waals surface area (Å²) >= 11 is 0. The van der Waals surface area contributed by atoms with Crippen molar-refractivity contribution in [3.05, 3.63) is 12.0 Å². The largest absolute Gasteiger partial charge is 0.481 e. The first-order chi connectivity index (χ1) is 19.5. The monoisotopic (exact) mass is 689 g/mol. The third-order valence-electron chi connectivity index (χ3n) is 5.54. The van der Waals surface area contributed by atoms with Crippen molar-refractivity contribution in [2.45, 2.75) is 60.9 Å². The molecule has 14 N–H and O–H groups in total. The molecule has 0 aromatic carbocycles. The summed E-state index contributed by atoms with van der Waals surface area (Å²) in [6, 6.07) is 0. The molecule has 0 spiro atoms. The Labute approximate surface area is 240 Å². The number of fused-ring (bicyclic) bond motifs is 1. The Morgan fingerprint density at radius 2 is 1.77 bits per heavy atom. The molecule has 0 saturated carbocycles. The molecule has 3 rings (SSSR count). The molecular weight excluding hydrogens is 660 g/mol. The average Bonchev–Trinajstić information content (AvgIpc) is 3.40. The summed E-state index contributed by atoms with van der Waals surface area (Å²) in [7, 11) is -16.0. The minimum Gasteiger partial charge on any atom is -0.391 e. The van der Waals surface area contributed by atoms with E-state index in [0.29, 0.717) is 0 Å². The standard InChI is InChI=1S/C10H17N5O14P2S.C6H12O5/c11-9-13-7-6(10(18,14-9)32(24,25)26)12-2-15(7)8-5(17)4(16)3(28-8)1-27-31(22,23)29-30(19,20)21;1-3(8)5(10)6(11)4(9)2-7/h2-5,8,16-18H,1H2,(H,22,23)(H3,11,13,14)(H2,19,20,21)(H,24,25,26);2-6,8-11H,1H3/t3-,4-,5-,8-,10?;/m1./s1. The van der Waals surface area contributed by atoms with Crippen LogP contribution in [0.5, 0.6) is 0 Å². The first-order valence-corrected chi connectivity index (χ1v) is 15.7. The van der Waals surface area contributed by atoms with Crippen LogP contribution in [0.25, 0.3) is 0 Å². The number of nitrogens with zero attached hydrogens (tertiary/aromatic N) is 3. The van der Waals surface area contributed by atoms with Gasteiger partial charge in [0.25, 0.3) is 0 Å². The smallest absolute Gasteiger partial charge is 0.391 e. The normalized spacial score (nSPS) is 29.9. The minimum atomic E-state index is -5.40. The van der Waals surface area contributed by atoms with Crippen LogP contribution in [0.15, 0.2) is 11.3 Å². The Balaban J connectivity index is 0.000000499. The van der Waals surface area contributed by atoms with Gasteiger partial charge in [-0.25, -0.2) is 14.1 Å². The van der Waals surface area contributed by atoms with Gasteiger partial charge in [0, 0.05) is 0 Å². The molecule has 2 aliphatic rings. The Kier molecular flexibility index (Phi) is 11.7. The molecule has 3 heterocycles. The number of guanidine groups is 1. The Morgan fingerprint density at radius 3 is 2.26 bits per heavy atom. The van der Waals surface area contributed by atoms with Crippen LogP contribution in [-0.2, 0) is 42.7 Å². The summed E-state index contributed by atoms with van der Waals surface area (Å²) in [6.07, 6.45) is -11.8. The lowest BCUT2D eigenvalue weighted by Crippen LogP contribution is -2.43. The number of imidazole rings is 1. The van der Waals surface area contributed by atoms with Gasteiger partial charge in [-0.2, -0.15) is 17.7 Å². The second-order valence-electron chi connectivity index (χ2n) is 8.79. The molecule has 6 unspecified atom stereocenters. The van der Waals surface area contributed by atoms with Crippen molar-refractivity contribution in [2.24, 2.45) is 10.7 Å². The van der Waals surface area contributed by atoms with Crippen LogP contribution in [0.2, 0.25) is 0 Å². The number of rotatable bonds is 11. The molecule has 43 heavy (non-hydrogen) atoms. The molecule has 0 bridgehead atoms. The lowest BCUT2D eigenvalue weighted by molar-refractivity contribution is -0.132. The molecule has 2 aliphatic heterocycles. The van der Waals surface area contributed by atoms with Gasteiger partial charge in [-0.05, 0) is 6.92 Å². The van der Waals surface area contributed by atoms with Crippen molar-refractivity contribution < 1.29 is 90.9 Å². The number of carbonyl (C=O) groups excluding carboxylic acids is 1. The molecule has 0 aliphatic carbocycles. The number of hydrogen-bond donors (Lipinski definition) is 13. The van der Waals surface area contributed by atoms with Crippen LogP contribution >= 0.6 is 15.6 Å². The number of aliphatic imine (C=N–C) groups is 1. The third-order valence-corrected chi connectivity index (χ3v) is 8.69. The number of aldehydes is 1. The van der Waals surface area contributed by atoms with Crippen LogP contribution in [0.3, 0.4) is 0 Å². The van der Waals surface area contributed by atoms with E-state index in [-0.39, 0.29) is 6.29 Å². The quantitative estimate of drug-likeness (QED) is 0.0584. The van der Waals surface area contributed by atoms with E-state index in [1.807, 2.05) is 0 Å². The van der Waals surface area contributed by atoms with Crippen molar-refractivity contribution >= 4 is 43.8 Å². The summed E-state index contributed by atoms with van der Waals surface area (Å²) in [4.78, 5) is 43.2. The van der Waals surface area contributed by atoms with E-state index >= 15 is 0 Å². The summed E-state index contributed by atoms with van der Waals surface area (Å²) < 4.78 is 68.9.